The maximum Gasteiger partial charge on any atom is 0.260 e. The normalized spacial score (nSPS) is 19.2. The van der Waals surface area contributed by atoms with E-state index < -0.39 is 0 Å². The Morgan fingerprint density at radius 3 is 2.43 bits per heavy atom. The summed E-state index contributed by atoms with van der Waals surface area (Å²) in [5.41, 5.74) is 6.04. The molecule has 2 aliphatic rings. The molecule has 0 unspecified atom stereocenters. The van der Waals surface area contributed by atoms with Crippen LogP contribution in [0.15, 0.2) is 24.3 Å². The fraction of sp³-hybridized carbons (Fsp3) is 0.636. The van der Waals surface area contributed by atoms with Gasteiger partial charge < -0.3 is 20.3 Å². The van der Waals surface area contributed by atoms with Gasteiger partial charge in [-0.2, -0.15) is 0 Å². The number of carbonyl (C=O) groups excluding carboxylic acids is 2. The van der Waals surface area contributed by atoms with E-state index in [2.05, 4.69) is 4.90 Å². The molecule has 1 aliphatic carbocycles. The van der Waals surface area contributed by atoms with Crippen molar-refractivity contribution in [2.75, 3.05) is 39.3 Å². The third-order valence-electron chi connectivity index (χ3n) is 5.85. The molecule has 1 aromatic carbocycles. The van der Waals surface area contributed by atoms with Crippen molar-refractivity contribution in [3.63, 3.8) is 0 Å². The molecule has 0 spiro atoms. The molecule has 1 heterocycles. The highest BCUT2D eigenvalue weighted by Gasteiger charge is 2.22. The molecule has 1 aliphatic heterocycles. The predicted molar refractivity (Wildman–Crippen MR) is 109 cm³/mol. The molecular weight excluding hydrogens is 354 g/mol. The van der Waals surface area contributed by atoms with Crippen molar-refractivity contribution in [2.45, 2.75) is 44.9 Å². The molecule has 6 heteroatoms. The van der Waals surface area contributed by atoms with Crippen molar-refractivity contribution in [1.29, 1.82) is 0 Å². The summed E-state index contributed by atoms with van der Waals surface area (Å²) >= 11 is 0. The van der Waals surface area contributed by atoms with E-state index in [9.17, 15) is 9.59 Å². The lowest BCUT2D eigenvalue weighted by Crippen LogP contribution is -2.39. The van der Waals surface area contributed by atoms with Crippen LogP contribution in [0.2, 0.25) is 0 Å². The van der Waals surface area contributed by atoms with Gasteiger partial charge in [0.2, 0.25) is 5.91 Å². The molecule has 2 N–H and O–H groups in total. The lowest BCUT2D eigenvalue weighted by molar-refractivity contribution is -0.133. The van der Waals surface area contributed by atoms with Crippen LogP contribution in [0.4, 0.5) is 0 Å². The quantitative estimate of drug-likeness (QED) is 0.778. The summed E-state index contributed by atoms with van der Waals surface area (Å²) in [6.45, 7) is 4.88. The van der Waals surface area contributed by atoms with E-state index in [4.69, 9.17) is 10.5 Å². The van der Waals surface area contributed by atoms with Gasteiger partial charge in [-0.3, -0.25) is 9.59 Å². The molecule has 1 aromatic rings. The van der Waals surface area contributed by atoms with E-state index in [0.717, 1.165) is 44.1 Å². The monoisotopic (exact) mass is 387 g/mol. The highest BCUT2D eigenvalue weighted by molar-refractivity contribution is 5.78. The Kier molecular flexibility index (Phi) is 7.71. The minimum absolute atomic E-state index is 0.0423. The SMILES string of the molecule is NC(=O)Cc1ccc(OCC(=O)N2CCCN(CC3CCCCC3)CC2)cc1. The summed E-state index contributed by atoms with van der Waals surface area (Å²) in [5.74, 6) is 1.16. The number of carbonyl (C=O) groups is 2. The van der Waals surface area contributed by atoms with Crippen LogP contribution in [0.5, 0.6) is 5.75 Å². The van der Waals surface area contributed by atoms with Crippen LogP contribution in [0.1, 0.15) is 44.1 Å². The van der Waals surface area contributed by atoms with Crippen molar-refractivity contribution in [3.8, 4) is 5.75 Å². The minimum atomic E-state index is -0.359. The molecule has 154 valence electrons. The van der Waals surface area contributed by atoms with Gasteiger partial charge in [0, 0.05) is 26.2 Å². The second-order valence-corrected chi connectivity index (χ2v) is 8.11. The summed E-state index contributed by atoms with van der Waals surface area (Å²) in [4.78, 5) is 28.0. The predicted octanol–water partition coefficient (Wildman–Crippen LogP) is 2.21. The van der Waals surface area contributed by atoms with Crippen LogP contribution in [-0.4, -0.2) is 60.9 Å². The Balaban J connectivity index is 1.41. The number of hydrogen-bond donors (Lipinski definition) is 1. The number of nitrogens with zero attached hydrogens (tertiary/aromatic N) is 2. The Hall–Kier alpha value is -2.08. The van der Waals surface area contributed by atoms with Crippen LogP contribution >= 0.6 is 0 Å². The van der Waals surface area contributed by atoms with E-state index in [1.807, 2.05) is 4.90 Å². The third-order valence-corrected chi connectivity index (χ3v) is 5.85. The summed E-state index contributed by atoms with van der Waals surface area (Å²) < 4.78 is 5.65. The van der Waals surface area contributed by atoms with Crippen molar-refractivity contribution >= 4 is 11.8 Å². The van der Waals surface area contributed by atoms with Crippen LogP contribution < -0.4 is 10.5 Å². The second kappa shape index (κ2) is 10.5. The summed E-state index contributed by atoms with van der Waals surface area (Å²) in [6.07, 6.45) is 8.13. The highest BCUT2D eigenvalue weighted by Crippen LogP contribution is 2.24. The standard InChI is InChI=1S/C22H33N3O3/c23-21(26)15-18-7-9-20(10-8-18)28-17-22(27)25-12-4-11-24(13-14-25)16-19-5-2-1-3-6-19/h7-10,19H,1-6,11-17H2,(H2,23,26). The molecule has 0 aromatic heterocycles. The Labute approximate surface area is 168 Å². The number of ether oxygens (including phenoxy) is 1. The van der Waals surface area contributed by atoms with Gasteiger partial charge in [-0.1, -0.05) is 31.4 Å². The molecule has 3 rings (SSSR count). The maximum atomic E-state index is 12.6. The second-order valence-electron chi connectivity index (χ2n) is 8.11. The van der Waals surface area contributed by atoms with E-state index in [-0.39, 0.29) is 24.8 Å². The van der Waals surface area contributed by atoms with Crippen LogP contribution in [-0.2, 0) is 16.0 Å². The summed E-state index contributed by atoms with van der Waals surface area (Å²) in [7, 11) is 0. The van der Waals surface area contributed by atoms with E-state index in [1.165, 1.54) is 38.6 Å². The zero-order chi connectivity index (χ0) is 19.8. The van der Waals surface area contributed by atoms with Gasteiger partial charge in [-0.25, -0.2) is 0 Å². The number of nitrogens with two attached hydrogens (primary N) is 1. The van der Waals surface area contributed by atoms with Crippen molar-refractivity contribution in [1.82, 2.24) is 9.80 Å². The smallest absolute Gasteiger partial charge is 0.260 e. The molecular formula is C22H33N3O3. The molecule has 6 nitrogen and oxygen atoms in total. The zero-order valence-electron chi connectivity index (χ0n) is 16.8. The first-order chi connectivity index (χ1) is 13.6. The summed E-state index contributed by atoms with van der Waals surface area (Å²) in [6, 6.07) is 7.17. The molecule has 0 atom stereocenters. The Morgan fingerprint density at radius 1 is 0.964 bits per heavy atom. The molecule has 2 fully saturated rings. The van der Waals surface area contributed by atoms with Crippen LogP contribution in [0.25, 0.3) is 0 Å². The van der Waals surface area contributed by atoms with Gasteiger partial charge in [0.1, 0.15) is 5.75 Å². The number of rotatable bonds is 7. The van der Waals surface area contributed by atoms with Gasteiger partial charge in [0.05, 0.1) is 6.42 Å². The van der Waals surface area contributed by atoms with Gasteiger partial charge in [-0.05, 0) is 49.4 Å². The van der Waals surface area contributed by atoms with Gasteiger partial charge in [-0.15, -0.1) is 0 Å². The lowest BCUT2D eigenvalue weighted by atomic mass is 9.89. The third kappa shape index (κ3) is 6.51. The number of benzene rings is 1. The average molecular weight is 388 g/mol. The molecule has 2 amide bonds. The molecule has 0 radical (unpaired) electrons. The molecule has 0 bridgehead atoms. The average Bonchev–Trinajstić information content (AvgIpc) is 2.93. The lowest BCUT2D eigenvalue weighted by Gasteiger charge is -2.28. The van der Waals surface area contributed by atoms with Crippen molar-refractivity contribution in [2.24, 2.45) is 11.7 Å². The topological polar surface area (TPSA) is 75.9 Å². The Morgan fingerprint density at radius 2 is 1.71 bits per heavy atom. The Bertz CT molecular complexity index is 641. The fourth-order valence-corrected chi connectivity index (χ4v) is 4.28. The first kappa shape index (κ1) is 20.6. The van der Waals surface area contributed by atoms with Crippen molar-refractivity contribution < 1.29 is 14.3 Å². The number of hydrogen-bond acceptors (Lipinski definition) is 4. The maximum absolute atomic E-state index is 12.6. The highest BCUT2D eigenvalue weighted by atomic mass is 16.5. The largest absolute Gasteiger partial charge is 0.484 e. The zero-order valence-corrected chi connectivity index (χ0v) is 16.8. The minimum Gasteiger partial charge on any atom is -0.484 e. The first-order valence-corrected chi connectivity index (χ1v) is 10.6. The van der Waals surface area contributed by atoms with Gasteiger partial charge >= 0.3 is 0 Å². The van der Waals surface area contributed by atoms with Gasteiger partial charge in [0.25, 0.3) is 5.91 Å². The van der Waals surface area contributed by atoms with E-state index in [1.54, 1.807) is 24.3 Å². The van der Waals surface area contributed by atoms with Crippen LogP contribution in [0.3, 0.4) is 0 Å². The van der Waals surface area contributed by atoms with Crippen LogP contribution in [0, 0.1) is 5.92 Å². The molecule has 1 saturated carbocycles. The van der Waals surface area contributed by atoms with Gasteiger partial charge in [0.15, 0.2) is 6.61 Å². The van der Waals surface area contributed by atoms with E-state index in [0.29, 0.717) is 5.75 Å². The molecule has 28 heavy (non-hydrogen) atoms. The first-order valence-electron chi connectivity index (χ1n) is 10.6. The molecule has 1 saturated heterocycles. The number of amides is 2. The summed E-state index contributed by atoms with van der Waals surface area (Å²) in [5, 5.41) is 0. The van der Waals surface area contributed by atoms with E-state index >= 15 is 0 Å². The number of primary amides is 1. The van der Waals surface area contributed by atoms with Crippen molar-refractivity contribution in [3.05, 3.63) is 29.8 Å². The fourth-order valence-electron chi connectivity index (χ4n) is 4.28.